The summed E-state index contributed by atoms with van der Waals surface area (Å²) in [6.07, 6.45) is 0. The summed E-state index contributed by atoms with van der Waals surface area (Å²) in [7, 11) is 0. The number of rotatable bonds is 2. The summed E-state index contributed by atoms with van der Waals surface area (Å²) in [5.74, 6) is 0.719. The first-order valence-corrected chi connectivity index (χ1v) is 5.81. The van der Waals surface area contributed by atoms with Crippen molar-refractivity contribution >= 4 is 5.69 Å². The molecule has 0 amide bonds. The molecular weight excluding hydrogens is 184 g/mol. The van der Waals surface area contributed by atoms with E-state index < -0.39 is 0 Å². The SMILES string of the molecule is CC(C)CN1CCNCc2ccccc21. The molecule has 1 N–H and O–H groups in total. The van der Waals surface area contributed by atoms with Crippen molar-refractivity contribution < 1.29 is 0 Å². The fourth-order valence-electron chi connectivity index (χ4n) is 2.16. The van der Waals surface area contributed by atoms with E-state index in [9.17, 15) is 0 Å². The number of hydrogen-bond acceptors (Lipinski definition) is 2. The molecule has 0 atom stereocenters. The molecule has 2 rings (SSSR count). The molecule has 82 valence electrons. The van der Waals surface area contributed by atoms with Gasteiger partial charge < -0.3 is 10.2 Å². The first kappa shape index (κ1) is 10.5. The Morgan fingerprint density at radius 1 is 1.33 bits per heavy atom. The van der Waals surface area contributed by atoms with Gasteiger partial charge in [0.1, 0.15) is 0 Å². The highest BCUT2D eigenvalue weighted by atomic mass is 15.2. The van der Waals surface area contributed by atoms with Crippen LogP contribution in [0.4, 0.5) is 5.69 Å². The Kier molecular flexibility index (Phi) is 3.27. The number of nitrogens with zero attached hydrogens (tertiary/aromatic N) is 1. The molecule has 1 aliphatic heterocycles. The van der Waals surface area contributed by atoms with Gasteiger partial charge in [0.15, 0.2) is 0 Å². The van der Waals surface area contributed by atoms with E-state index in [1.54, 1.807) is 0 Å². The molecule has 0 fully saturated rings. The van der Waals surface area contributed by atoms with Gasteiger partial charge in [-0.3, -0.25) is 0 Å². The molecule has 15 heavy (non-hydrogen) atoms. The van der Waals surface area contributed by atoms with Gasteiger partial charge in [-0.1, -0.05) is 32.0 Å². The fourth-order valence-corrected chi connectivity index (χ4v) is 2.16. The van der Waals surface area contributed by atoms with Crippen LogP contribution >= 0.6 is 0 Å². The van der Waals surface area contributed by atoms with Crippen LogP contribution in [-0.2, 0) is 6.54 Å². The van der Waals surface area contributed by atoms with Crippen LogP contribution in [0.2, 0.25) is 0 Å². The molecule has 1 heterocycles. The van der Waals surface area contributed by atoms with Gasteiger partial charge in [-0.05, 0) is 17.5 Å². The van der Waals surface area contributed by atoms with Crippen molar-refractivity contribution in [1.29, 1.82) is 0 Å². The van der Waals surface area contributed by atoms with Crippen LogP contribution in [0, 0.1) is 5.92 Å². The van der Waals surface area contributed by atoms with Gasteiger partial charge in [-0.2, -0.15) is 0 Å². The first-order chi connectivity index (χ1) is 7.27. The third-order valence-electron chi connectivity index (χ3n) is 2.79. The van der Waals surface area contributed by atoms with E-state index in [0.717, 1.165) is 32.1 Å². The van der Waals surface area contributed by atoms with Crippen LogP contribution in [0.25, 0.3) is 0 Å². The average molecular weight is 204 g/mol. The quantitative estimate of drug-likeness (QED) is 0.795. The number of benzene rings is 1. The van der Waals surface area contributed by atoms with Gasteiger partial charge >= 0.3 is 0 Å². The highest BCUT2D eigenvalue weighted by Crippen LogP contribution is 2.22. The van der Waals surface area contributed by atoms with E-state index in [4.69, 9.17) is 0 Å². The Balaban J connectivity index is 2.24. The minimum atomic E-state index is 0.719. The van der Waals surface area contributed by atoms with Gasteiger partial charge in [-0.15, -0.1) is 0 Å². The molecule has 1 aromatic rings. The van der Waals surface area contributed by atoms with Crippen LogP contribution in [-0.4, -0.2) is 19.6 Å². The normalized spacial score (nSPS) is 16.3. The lowest BCUT2D eigenvalue weighted by molar-refractivity contribution is 0.601. The number of fused-ring (bicyclic) bond motifs is 1. The molecule has 0 aliphatic carbocycles. The van der Waals surface area contributed by atoms with Crippen LogP contribution < -0.4 is 10.2 Å². The third kappa shape index (κ3) is 2.51. The minimum absolute atomic E-state index is 0.719. The summed E-state index contributed by atoms with van der Waals surface area (Å²) < 4.78 is 0. The molecule has 0 saturated carbocycles. The van der Waals surface area contributed by atoms with Gasteiger partial charge in [0, 0.05) is 31.9 Å². The summed E-state index contributed by atoms with van der Waals surface area (Å²) in [6, 6.07) is 8.72. The van der Waals surface area contributed by atoms with Crippen LogP contribution in [0.1, 0.15) is 19.4 Å². The number of anilines is 1. The van der Waals surface area contributed by atoms with E-state index in [-0.39, 0.29) is 0 Å². The third-order valence-corrected chi connectivity index (χ3v) is 2.79. The van der Waals surface area contributed by atoms with Gasteiger partial charge in [-0.25, -0.2) is 0 Å². The Morgan fingerprint density at radius 2 is 2.13 bits per heavy atom. The van der Waals surface area contributed by atoms with Gasteiger partial charge in [0.05, 0.1) is 0 Å². The summed E-state index contributed by atoms with van der Waals surface area (Å²) in [5.41, 5.74) is 2.84. The molecule has 0 aromatic heterocycles. The molecular formula is C13H20N2. The molecule has 2 nitrogen and oxygen atoms in total. The summed E-state index contributed by atoms with van der Waals surface area (Å²) >= 11 is 0. The highest BCUT2D eigenvalue weighted by molar-refractivity contribution is 5.54. The van der Waals surface area contributed by atoms with E-state index in [1.165, 1.54) is 11.3 Å². The maximum absolute atomic E-state index is 3.46. The van der Waals surface area contributed by atoms with Crippen LogP contribution in [0.3, 0.4) is 0 Å². The maximum atomic E-state index is 3.46. The lowest BCUT2D eigenvalue weighted by Gasteiger charge is -2.26. The lowest BCUT2D eigenvalue weighted by Crippen LogP contribution is -2.31. The molecule has 2 heteroatoms. The Morgan fingerprint density at radius 3 is 2.93 bits per heavy atom. The van der Waals surface area contributed by atoms with Gasteiger partial charge in [0.2, 0.25) is 0 Å². The number of nitrogens with one attached hydrogen (secondary N) is 1. The van der Waals surface area contributed by atoms with Crippen molar-refractivity contribution in [1.82, 2.24) is 5.32 Å². The van der Waals surface area contributed by atoms with Gasteiger partial charge in [0.25, 0.3) is 0 Å². The summed E-state index contributed by atoms with van der Waals surface area (Å²) in [6.45, 7) is 8.92. The second kappa shape index (κ2) is 4.67. The molecule has 1 aromatic carbocycles. The van der Waals surface area contributed by atoms with Crippen LogP contribution in [0.15, 0.2) is 24.3 Å². The molecule has 0 saturated heterocycles. The summed E-state index contributed by atoms with van der Waals surface area (Å²) in [4.78, 5) is 2.50. The molecule has 0 bridgehead atoms. The standard InChI is InChI=1S/C13H20N2/c1-11(2)10-15-8-7-14-9-12-5-3-4-6-13(12)15/h3-6,11,14H,7-10H2,1-2H3. The maximum Gasteiger partial charge on any atom is 0.0412 e. The largest absolute Gasteiger partial charge is 0.370 e. The Labute approximate surface area is 92.3 Å². The number of para-hydroxylation sites is 1. The van der Waals surface area contributed by atoms with E-state index in [2.05, 4.69) is 48.3 Å². The van der Waals surface area contributed by atoms with Crippen molar-refractivity contribution in [2.24, 2.45) is 5.92 Å². The van der Waals surface area contributed by atoms with E-state index >= 15 is 0 Å². The van der Waals surface area contributed by atoms with E-state index in [1.807, 2.05) is 0 Å². The molecule has 0 spiro atoms. The summed E-state index contributed by atoms with van der Waals surface area (Å²) in [5, 5.41) is 3.46. The minimum Gasteiger partial charge on any atom is -0.370 e. The lowest BCUT2D eigenvalue weighted by atomic mass is 10.1. The Bertz CT molecular complexity index is 320. The molecule has 1 aliphatic rings. The second-order valence-corrected chi connectivity index (χ2v) is 4.65. The highest BCUT2D eigenvalue weighted by Gasteiger charge is 2.14. The number of hydrogen-bond donors (Lipinski definition) is 1. The zero-order valence-electron chi connectivity index (χ0n) is 9.66. The topological polar surface area (TPSA) is 15.3 Å². The van der Waals surface area contributed by atoms with Crippen molar-refractivity contribution in [2.45, 2.75) is 20.4 Å². The second-order valence-electron chi connectivity index (χ2n) is 4.65. The smallest absolute Gasteiger partial charge is 0.0412 e. The van der Waals surface area contributed by atoms with Crippen molar-refractivity contribution in [3.8, 4) is 0 Å². The molecule has 0 radical (unpaired) electrons. The zero-order valence-corrected chi connectivity index (χ0v) is 9.66. The van der Waals surface area contributed by atoms with E-state index in [0.29, 0.717) is 0 Å². The first-order valence-electron chi connectivity index (χ1n) is 5.81. The van der Waals surface area contributed by atoms with Crippen molar-refractivity contribution in [3.05, 3.63) is 29.8 Å². The fraction of sp³-hybridized carbons (Fsp3) is 0.538. The zero-order chi connectivity index (χ0) is 10.7. The monoisotopic (exact) mass is 204 g/mol. The predicted molar refractivity (Wildman–Crippen MR) is 65.2 cm³/mol. The van der Waals surface area contributed by atoms with Crippen LogP contribution in [0.5, 0.6) is 0 Å². The van der Waals surface area contributed by atoms with Crippen molar-refractivity contribution in [2.75, 3.05) is 24.5 Å². The Hall–Kier alpha value is -1.02. The predicted octanol–water partition coefficient (Wildman–Crippen LogP) is 2.25. The average Bonchev–Trinajstić information content (AvgIpc) is 2.41. The molecule has 0 unspecified atom stereocenters. The van der Waals surface area contributed by atoms with Crippen molar-refractivity contribution in [3.63, 3.8) is 0 Å².